The highest BCUT2D eigenvalue weighted by Crippen LogP contribution is 2.29. The number of ether oxygens (including phenoxy) is 1. The van der Waals surface area contributed by atoms with Gasteiger partial charge in [-0.1, -0.05) is 0 Å². The monoisotopic (exact) mass is 274 g/mol. The fourth-order valence-corrected chi connectivity index (χ4v) is 1.37. The highest BCUT2D eigenvalue weighted by atomic mass is 19.2. The van der Waals surface area contributed by atoms with Crippen LogP contribution in [0.4, 0.5) is 20.2 Å². The van der Waals surface area contributed by atoms with Gasteiger partial charge in [-0.25, -0.2) is 13.6 Å². The number of carbonyl (C=O) groups excluding carboxylic acids is 1. The Kier molecular flexibility index (Phi) is 4.74. The molecule has 1 rings (SSSR count). The van der Waals surface area contributed by atoms with Crippen LogP contribution in [-0.2, 0) is 9.53 Å². The Balaban J connectivity index is 3.08. The molecule has 0 aromatic heterocycles. The molecule has 0 spiro atoms. The van der Waals surface area contributed by atoms with Gasteiger partial charge in [-0.05, 0) is 19.9 Å². The summed E-state index contributed by atoms with van der Waals surface area (Å²) in [6, 6.07) is 0.418. The highest BCUT2D eigenvalue weighted by Gasteiger charge is 2.25. The number of benzene rings is 1. The molecule has 0 aliphatic heterocycles. The van der Waals surface area contributed by atoms with Gasteiger partial charge < -0.3 is 10.1 Å². The summed E-state index contributed by atoms with van der Waals surface area (Å²) < 4.78 is 31.3. The van der Waals surface area contributed by atoms with Crippen LogP contribution in [0.2, 0.25) is 0 Å². The van der Waals surface area contributed by atoms with E-state index in [0.717, 1.165) is 6.07 Å². The van der Waals surface area contributed by atoms with Crippen molar-refractivity contribution in [3.05, 3.63) is 33.9 Å². The summed E-state index contributed by atoms with van der Waals surface area (Å²) >= 11 is 0. The summed E-state index contributed by atoms with van der Waals surface area (Å²) in [5.41, 5.74) is -1.33. The smallest absolute Gasteiger partial charge is 0.328 e. The lowest BCUT2D eigenvalue weighted by Crippen LogP contribution is -2.29. The van der Waals surface area contributed by atoms with E-state index in [1.165, 1.54) is 6.92 Å². The van der Waals surface area contributed by atoms with E-state index in [1.807, 2.05) is 0 Å². The average Bonchev–Trinajstić information content (AvgIpc) is 2.34. The third-order valence-electron chi connectivity index (χ3n) is 2.27. The maximum Gasteiger partial charge on any atom is 0.328 e. The first kappa shape index (κ1) is 14.8. The molecule has 1 unspecified atom stereocenters. The highest BCUT2D eigenvalue weighted by molar-refractivity contribution is 5.80. The van der Waals surface area contributed by atoms with Gasteiger partial charge in [-0.3, -0.25) is 10.1 Å². The fourth-order valence-electron chi connectivity index (χ4n) is 1.37. The van der Waals surface area contributed by atoms with Crippen LogP contribution < -0.4 is 5.32 Å². The molecule has 0 amide bonds. The number of esters is 1. The number of nitro benzene ring substituents is 1. The minimum atomic E-state index is -1.41. The van der Waals surface area contributed by atoms with Gasteiger partial charge in [0.1, 0.15) is 6.04 Å². The second-order valence-electron chi connectivity index (χ2n) is 3.63. The third kappa shape index (κ3) is 3.36. The molecule has 0 saturated heterocycles. The molecule has 1 aromatic carbocycles. The number of nitrogens with one attached hydrogen (secondary N) is 1. The first-order valence-electron chi connectivity index (χ1n) is 5.44. The van der Waals surface area contributed by atoms with Crippen molar-refractivity contribution in [1.29, 1.82) is 0 Å². The van der Waals surface area contributed by atoms with Gasteiger partial charge in [0, 0.05) is 6.07 Å². The second kappa shape index (κ2) is 6.07. The lowest BCUT2D eigenvalue weighted by molar-refractivity contribution is -0.384. The zero-order valence-corrected chi connectivity index (χ0v) is 10.3. The quantitative estimate of drug-likeness (QED) is 0.506. The minimum Gasteiger partial charge on any atom is -0.464 e. The van der Waals surface area contributed by atoms with E-state index in [0.29, 0.717) is 6.07 Å². The number of nitro groups is 1. The van der Waals surface area contributed by atoms with Gasteiger partial charge in [-0.2, -0.15) is 0 Å². The Morgan fingerprint density at radius 3 is 2.68 bits per heavy atom. The third-order valence-corrected chi connectivity index (χ3v) is 2.27. The molecular formula is C11H12F2N2O4. The van der Waals surface area contributed by atoms with Gasteiger partial charge in [-0.15, -0.1) is 0 Å². The van der Waals surface area contributed by atoms with Crippen LogP contribution in [0.15, 0.2) is 12.1 Å². The molecule has 0 bridgehead atoms. The number of anilines is 1. The summed E-state index contributed by atoms with van der Waals surface area (Å²) in [6.45, 7) is 3.01. The largest absolute Gasteiger partial charge is 0.464 e. The Hall–Kier alpha value is -2.25. The Morgan fingerprint density at radius 1 is 1.53 bits per heavy atom. The molecule has 0 heterocycles. The van der Waals surface area contributed by atoms with Gasteiger partial charge in [0.15, 0.2) is 17.3 Å². The van der Waals surface area contributed by atoms with Gasteiger partial charge in [0.2, 0.25) is 0 Å². The van der Waals surface area contributed by atoms with E-state index in [-0.39, 0.29) is 6.61 Å². The van der Waals surface area contributed by atoms with Crippen molar-refractivity contribution >= 4 is 17.3 Å². The molecule has 0 aliphatic carbocycles. The number of hydrogen-bond acceptors (Lipinski definition) is 5. The minimum absolute atomic E-state index is 0.110. The topological polar surface area (TPSA) is 81.5 Å². The molecule has 19 heavy (non-hydrogen) atoms. The average molecular weight is 274 g/mol. The maximum absolute atomic E-state index is 13.5. The maximum atomic E-state index is 13.5. The van der Waals surface area contributed by atoms with E-state index in [9.17, 15) is 23.7 Å². The van der Waals surface area contributed by atoms with Gasteiger partial charge in [0.25, 0.3) is 5.69 Å². The Bertz CT molecular complexity index is 508. The number of halogens is 2. The van der Waals surface area contributed by atoms with E-state index < -0.39 is 39.9 Å². The summed E-state index contributed by atoms with van der Waals surface area (Å²) in [6.07, 6.45) is 0. The van der Waals surface area contributed by atoms with Gasteiger partial charge in [0.05, 0.1) is 11.5 Å². The zero-order valence-electron chi connectivity index (χ0n) is 10.3. The molecule has 1 aromatic rings. The normalized spacial score (nSPS) is 11.8. The fraction of sp³-hybridized carbons (Fsp3) is 0.364. The lowest BCUT2D eigenvalue weighted by Gasteiger charge is -2.14. The van der Waals surface area contributed by atoms with Crippen molar-refractivity contribution in [1.82, 2.24) is 0 Å². The van der Waals surface area contributed by atoms with Crippen molar-refractivity contribution in [2.24, 2.45) is 0 Å². The Labute approximate surface area is 107 Å². The molecule has 6 nitrogen and oxygen atoms in total. The Morgan fingerprint density at radius 2 is 2.16 bits per heavy atom. The first-order valence-corrected chi connectivity index (χ1v) is 5.44. The van der Waals surface area contributed by atoms with Crippen LogP contribution in [0.1, 0.15) is 13.8 Å². The lowest BCUT2D eigenvalue weighted by atomic mass is 10.2. The molecule has 0 radical (unpaired) electrons. The molecule has 0 saturated carbocycles. The molecule has 104 valence electrons. The molecule has 1 atom stereocenters. The first-order chi connectivity index (χ1) is 8.88. The molecular weight excluding hydrogens is 262 g/mol. The molecule has 8 heteroatoms. The predicted octanol–water partition coefficient (Wildman–Crippen LogP) is 2.24. The van der Waals surface area contributed by atoms with Crippen LogP contribution in [0.3, 0.4) is 0 Å². The van der Waals surface area contributed by atoms with Crippen molar-refractivity contribution in [3.63, 3.8) is 0 Å². The number of carbonyl (C=O) groups is 1. The zero-order chi connectivity index (χ0) is 14.6. The van der Waals surface area contributed by atoms with E-state index in [1.54, 1.807) is 6.92 Å². The van der Waals surface area contributed by atoms with E-state index in [4.69, 9.17) is 0 Å². The van der Waals surface area contributed by atoms with E-state index >= 15 is 0 Å². The van der Waals surface area contributed by atoms with Crippen molar-refractivity contribution in [3.8, 4) is 0 Å². The van der Waals surface area contributed by atoms with Crippen LogP contribution in [0, 0.1) is 21.7 Å². The standard InChI is InChI=1S/C11H12F2N2O4/c1-3-19-11(16)6(2)14-10-8(15(17)18)5-4-7(12)9(10)13/h4-6,14H,3H2,1-2H3. The summed E-state index contributed by atoms with van der Waals surface area (Å²) in [5, 5.41) is 13.0. The van der Waals surface area contributed by atoms with Crippen molar-refractivity contribution < 1.29 is 23.2 Å². The predicted molar refractivity (Wildman–Crippen MR) is 62.7 cm³/mol. The number of hydrogen-bond donors (Lipinski definition) is 1. The number of nitrogens with zero attached hydrogens (tertiary/aromatic N) is 1. The molecule has 1 N–H and O–H groups in total. The SMILES string of the molecule is CCOC(=O)C(C)Nc1c([N+](=O)[O-])ccc(F)c1F. The van der Waals surface area contributed by atoms with Crippen LogP contribution >= 0.6 is 0 Å². The van der Waals surface area contributed by atoms with Crippen molar-refractivity contribution in [2.45, 2.75) is 19.9 Å². The number of rotatable bonds is 5. The summed E-state index contributed by atoms with van der Waals surface area (Å²) in [7, 11) is 0. The van der Waals surface area contributed by atoms with Gasteiger partial charge >= 0.3 is 5.97 Å². The van der Waals surface area contributed by atoms with Crippen molar-refractivity contribution in [2.75, 3.05) is 11.9 Å². The van der Waals surface area contributed by atoms with Crippen LogP contribution in [0.5, 0.6) is 0 Å². The summed E-state index contributed by atoms with van der Waals surface area (Å²) in [4.78, 5) is 21.2. The molecule has 0 fully saturated rings. The van der Waals surface area contributed by atoms with E-state index in [2.05, 4.69) is 10.1 Å². The summed E-state index contributed by atoms with van der Waals surface area (Å²) in [5.74, 6) is -3.38. The second-order valence-corrected chi connectivity index (χ2v) is 3.63. The van der Waals surface area contributed by atoms with Crippen LogP contribution in [0.25, 0.3) is 0 Å². The van der Waals surface area contributed by atoms with Crippen LogP contribution in [-0.4, -0.2) is 23.5 Å². The molecule has 0 aliphatic rings.